The molecule has 128 valence electrons. The number of aromatic nitrogens is 4. The molecule has 0 radical (unpaired) electrons. The summed E-state index contributed by atoms with van der Waals surface area (Å²) in [6.07, 6.45) is 5.12. The van der Waals surface area contributed by atoms with Crippen LogP contribution in [0.25, 0.3) is 5.69 Å². The Morgan fingerprint density at radius 2 is 1.92 bits per heavy atom. The van der Waals surface area contributed by atoms with Crippen molar-refractivity contribution < 1.29 is 0 Å². The van der Waals surface area contributed by atoms with E-state index in [4.69, 9.17) is 0 Å². The molecule has 1 N–H and O–H groups in total. The van der Waals surface area contributed by atoms with E-state index in [2.05, 4.69) is 34.5 Å². The maximum absolute atomic E-state index is 12.7. The number of nitrogens with one attached hydrogen (secondary N) is 1. The molecule has 0 bridgehead atoms. The third kappa shape index (κ3) is 3.25. The molecule has 4 rings (SSSR count). The Bertz CT molecular complexity index is 939. The van der Waals surface area contributed by atoms with Crippen molar-refractivity contribution in [3.63, 3.8) is 0 Å². The highest BCUT2D eigenvalue weighted by atomic mass is 16.1. The Balaban J connectivity index is 1.60. The van der Waals surface area contributed by atoms with Gasteiger partial charge in [-0.3, -0.25) is 9.36 Å². The quantitative estimate of drug-likeness (QED) is 0.787. The summed E-state index contributed by atoms with van der Waals surface area (Å²) >= 11 is 0. The number of aryl methyl sites for hydroxylation is 1. The smallest absolute Gasteiger partial charge is 0.257 e. The van der Waals surface area contributed by atoms with Gasteiger partial charge >= 0.3 is 0 Å². The fraction of sp³-hybridized carbons (Fsp3) is 0.316. The molecule has 0 saturated carbocycles. The van der Waals surface area contributed by atoms with E-state index in [9.17, 15) is 4.79 Å². The topological polar surface area (TPSA) is 64.7 Å². The SMILES string of the molecule is Cc1ccc(-n2ccc(Cn3cnc4c(c3=O)CCNCC4)n2)cc1. The molecule has 3 aromatic rings. The molecule has 1 aliphatic heterocycles. The molecule has 6 heteroatoms. The minimum atomic E-state index is 0.0542. The van der Waals surface area contributed by atoms with Gasteiger partial charge in [-0.25, -0.2) is 9.67 Å². The largest absolute Gasteiger partial charge is 0.316 e. The number of nitrogens with zero attached hydrogens (tertiary/aromatic N) is 4. The van der Waals surface area contributed by atoms with Gasteiger partial charge in [-0.2, -0.15) is 5.10 Å². The second-order valence-electron chi connectivity index (χ2n) is 6.44. The van der Waals surface area contributed by atoms with E-state index in [1.165, 1.54) is 5.56 Å². The summed E-state index contributed by atoms with van der Waals surface area (Å²) in [4.78, 5) is 17.2. The predicted octanol–water partition coefficient (Wildman–Crippen LogP) is 1.47. The molecule has 0 unspecified atom stereocenters. The predicted molar refractivity (Wildman–Crippen MR) is 96.2 cm³/mol. The van der Waals surface area contributed by atoms with E-state index in [1.54, 1.807) is 10.9 Å². The number of fused-ring (bicyclic) bond motifs is 1. The van der Waals surface area contributed by atoms with Crippen LogP contribution < -0.4 is 10.9 Å². The van der Waals surface area contributed by atoms with Crippen LogP contribution in [-0.4, -0.2) is 32.4 Å². The number of hydrogen-bond donors (Lipinski definition) is 1. The molecule has 0 atom stereocenters. The first-order valence-electron chi connectivity index (χ1n) is 8.60. The molecule has 0 fully saturated rings. The van der Waals surface area contributed by atoms with Crippen LogP contribution in [-0.2, 0) is 19.4 Å². The highest BCUT2D eigenvalue weighted by Gasteiger charge is 2.14. The van der Waals surface area contributed by atoms with Crippen molar-refractivity contribution in [3.05, 3.63) is 75.7 Å². The van der Waals surface area contributed by atoms with Crippen molar-refractivity contribution in [1.29, 1.82) is 0 Å². The monoisotopic (exact) mass is 335 g/mol. The van der Waals surface area contributed by atoms with Gasteiger partial charge < -0.3 is 5.32 Å². The van der Waals surface area contributed by atoms with E-state index in [0.29, 0.717) is 6.54 Å². The Hall–Kier alpha value is -2.73. The average molecular weight is 335 g/mol. The Morgan fingerprint density at radius 1 is 1.12 bits per heavy atom. The highest BCUT2D eigenvalue weighted by Crippen LogP contribution is 2.10. The van der Waals surface area contributed by atoms with E-state index in [-0.39, 0.29) is 5.56 Å². The minimum absolute atomic E-state index is 0.0542. The van der Waals surface area contributed by atoms with Crippen LogP contribution in [0.5, 0.6) is 0 Å². The first-order valence-corrected chi connectivity index (χ1v) is 8.60. The maximum Gasteiger partial charge on any atom is 0.257 e. The fourth-order valence-corrected chi connectivity index (χ4v) is 3.15. The van der Waals surface area contributed by atoms with Gasteiger partial charge in [0.15, 0.2) is 0 Å². The molecule has 1 aromatic carbocycles. The Morgan fingerprint density at radius 3 is 2.76 bits per heavy atom. The van der Waals surface area contributed by atoms with Crippen LogP contribution >= 0.6 is 0 Å². The molecule has 3 heterocycles. The molecule has 0 amide bonds. The van der Waals surface area contributed by atoms with Crippen LogP contribution in [0.15, 0.2) is 47.7 Å². The summed E-state index contributed by atoms with van der Waals surface area (Å²) < 4.78 is 3.49. The summed E-state index contributed by atoms with van der Waals surface area (Å²) in [7, 11) is 0. The second kappa shape index (κ2) is 6.64. The average Bonchev–Trinajstić information content (AvgIpc) is 2.94. The lowest BCUT2D eigenvalue weighted by atomic mass is 10.1. The third-order valence-electron chi connectivity index (χ3n) is 4.59. The van der Waals surface area contributed by atoms with Gasteiger partial charge in [0.1, 0.15) is 0 Å². The van der Waals surface area contributed by atoms with Crippen LogP contribution in [0.2, 0.25) is 0 Å². The van der Waals surface area contributed by atoms with E-state index in [1.807, 2.05) is 29.1 Å². The van der Waals surface area contributed by atoms with Crippen molar-refractivity contribution in [2.24, 2.45) is 0 Å². The molecule has 1 aliphatic rings. The highest BCUT2D eigenvalue weighted by molar-refractivity contribution is 5.33. The standard InChI is InChI=1S/C19H21N5O/c1-14-2-4-16(5-3-14)24-11-8-15(22-24)12-23-13-21-18-7-10-20-9-6-17(18)19(23)25/h2-5,8,11,13,20H,6-7,9-10,12H2,1H3. The maximum atomic E-state index is 12.7. The lowest BCUT2D eigenvalue weighted by Gasteiger charge is -2.08. The van der Waals surface area contributed by atoms with Gasteiger partial charge in [0.25, 0.3) is 5.56 Å². The Labute approximate surface area is 146 Å². The first kappa shape index (κ1) is 15.8. The van der Waals surface area contributed by atoms with Gasteiger partial charge in [0.2, 0.25) is 0 Å². The van der Waals surface area contributed by atoms with Crippen LogP contribution in [0.3, 0.4) is 0 Å². The van der Waals surface area contributed by atoms with Crippen LogP contribution in [0.1, 0.15) is 22.5 Å². The number of rotatable bonds is 3. The van der Waals surface area contributed by atoms with E-state index in [0.717, 1.165) is 48.6 Å². The van der Waals surface area contributed by atoms with E-state index >= 15 is 0 Å². The molecule has 0 aliphatic carbocycles. The molecule has 0 spiro atoms. The van der Waals surface area contributed by atoms with Gasteiger partial charge in [-0.1, -0.05) is 17.7 Å². The Kier molecular flexibility index (Phi) is 4.19. The number of hydrogen-bond acceptors (Lipinski definition) is 4. The van der Waals surface area contributed by atoms with Gasteiger partial charge in [-0.15, -0.1) is 0 Å². The van der Waals surface area contributed by atoms with Crippen molar-refractivity contribution in [2.75, 3.05) is 13.1 Å². The lowest BCUT2D eigenvalue weighted by Crippen LogP contribution is -2.27. The normalized spacial score (nSPS) is 14.1. The summed E-state index contributed by atoms with van der Waals surface area (Å²) in [5.41, 5.74) is 4.89. The minimum Gasteiger partial charge on any atom is -0.316 e. The zero-order valence-electron chi connectivity index (χ0n) is 14.3. The van der Waals surface area contributed by atoms with Crippen molar-refractivity contribution >= 4 is 0 Å². The molecule has 2 aromatic heterocycles. The van der Waals surface area contributed by atoms with E-state index < -0.39 is 0 Å². The van der Waals surface area contributed by atoms with Crippen molar-refractivity contribution in [2.45, 2.75) is 26.3 Å². The van der Waals surface area contributed by atoms with Gasteiger partial charge in [-0.05, 0) is 38.1 Å². The van der Waals surface area contributed by atoms with Crippen molar-refractivity contribution in [3.8, 4) is 5.69 Å². The lowest BCUT2D eigenvalue weighted by molar-refractivity contribution is 0.684. The molecular weight excluding hydrogens is 314 g/mol. The fourth-order valence-electron chi connectivity index (χ4n) is 3.15. The zero-order valence-corrected chi connectivity index (χ0v) is 14.3. The first-order chi connectivity index (χ1) is 12.2. The van der Waals surface area contributed by atoms with Crippen LogP contribution in [0, 0.1) is 6.92 Å². The molecule has 6 nitrogen and oxygen atoms in total. The zero-order chi connectivity index (χ0) is 17.2. The van der Waals surface area contributed by atoms with Gasteiger partial charge in [0, 0.05) is 24.7 Å². The summed E-state index contributed by atoms with van der Waals surface area (Å²) in [5.74, 6) is 0. The molecule has 0 saturated heterocycles. The summed E-state index contributed by atoms with van der Waals surface area (Å²) in [5, 5.41) is 7.91. The van der Waals surface area contributed by atoms with Crippen molar-refractivity contribution in [1.82, 2.24) is 24.6 Å². The second-order valence-corrected chi connectivity index (χ2v) is 6.44. The molecular formula is C19H21N5O. The summed E-state index contributed by atoms with van der Waals surface area (Å²) in [6.45, 7) is 4.21. The molecule has 25 heavy (non-hydrogen) atoms. The third-order valence-corrected chi connectivity index (χ3v) is 4.59. The number of benzene rings is 1. The van der Waals surface area contributed by atoms with Crippen LogP contribution in [0.4, 0.5) is 0 Å². The van der Waals surface area contributed by atoms with Gasteiger partial charge in [0.05, 0.1) is 29.9 Å². The summed E-state index contributed by atoms with van der Waals surface area (Å²) in [6, 6.07) is 10.1.